The van der Waals surface area contributed by atoms with Gasteiger partial charge in [0.2, 0.25) is 0 Å². The molecule has 0 aliphatic heterocycles. The van der Waals surface area contributed by atoms with Crippen LogP contribution in [0.25, 0.3) is 0 Å². The number of anilines is 1. The number of nitrogens with zero attached hydrogens (tertiary/aromatic N) is 1. The van der Waals surface area contributed by atoms with Crippen LogP contribution in [0.2, 0.25) is 5.02 Å². The van der Waals surface area contributed by atoms with Crippen LogP contribution in [0.5, 0.6) is 0 Å². The number of aliphatic hydroxyl groups excluding tert-OH is 1. The molecular formula is C20H24ClN3O5. The Labute approximate surface area is 173 Å². The molecule has 1 aromatic carbocycles. The highest BCUT2D eigenvalue weighted by Crippen LogP contribution is 2.49. The summed E-state index contributed by atoms with van der Waals surface area (Å²) in [4.78, 5) is 22.4. The normalized spacial score (nSPS) is 27.3. The Bertz CT molecular complexity index is 813. The highest BCUT2D eigenvalue weighted by molar-refractivity contribution is 6.30. The van der Waals surface area contributed by atoms with E-state index < -0.39 is 18.1 Å². The van der Waals surface area contributed by atoms with Gasteiger partial charge in [0.05, 0.1) is 12.7 Å². The Hall–Kier alpha value is -2.42. The van der Waals surface area contributed by atoms with Crippen molar-refractivity contribution in [3.63, 3.8) is 0 Å². The van der Waals surface area contributed by atoms with E-state index in [1.165, 1.54) is 5.57 Å². The van der Waals surface area contributed by atoms with Crippen LogP contribution >= 0.6 is 11.6 Å². The fraction of sp³-hybridized carbons (Fsp3) is 0.450. The van der Waals surface area contributed by atoms with Gasteiger partial charge in [0, 0.05) is 22.8 Å². The van der Waals surface area contributed by atoms with Crippen molar-refractivity contribution in [3.05, 3.63) is 40.9 Å². The van der Waals surface area contributed by atoms with E-state index in [-0.39, 0.29) is 25.0 Å². The molecule has 2 aliphatic carbocycles. The molecule has 2 fully saturated rings. The number of nitrogens with one attached hydrogen (secondary N) is 2. The van der Waals surface area contributed by atoms with Crippen LogP contribution in [0.1, 0.15) is 19.3 Å². The fourth-order valence-corrected chi connectivity index (χ4v) is 4.30. The molecular weight excluding hydrogens is 398 g/mol. The summed E-state index contributed by atoms with van der Waals surface area (Å²) in [7, 11) is 0. The van der Waals surface area contributed by atoms with Crippen molar-refractivity contribution in [2.75, 3.05) is 18.5 Å². The maximum absolute atomic E-state index is 11.9. The second kappa shape index (κ2) is 9.87. The number of amides is 2. The van der Waals surface area contributed by atoms with Crippen LogP contribution < -0.4 is 10.7 Å². The smallest absolute Gasteiger partial charge is 0.339 e. The standard InChI is InChI=1S/C20H24ClN3O5/c21-14-2-1-3-15(9-14)23-20(28)24-22-10-17-16-7-12(4-5-29-11-19(26)27)6-13(16)8-18(17)25/h1-4,9-10,13,16-18,25H,5-8,11H2,(H,26,27)(H2,23,24,28)/b12-4-,22-10+/t13-,16-,17+,18+/m0/s1. The number of hydrazone groups is 1. The Kier molecular flexibility index (Phi) is 7.24. The summed E-state index contributed by atoms with van der Waals surface area (Å²) in [6, 6.07) is 6.29. The van der Waals surface area contributed by atoms with Crippen LogP contribution in [0.3, 0.4) is 0 Å². The Morgan fingerprint density at radius 1 is 1.34 bits per heavy atom. The van der Waals surface area contributed by atoms with Gasteiger partial charge in [-0.2, -0.15) is 5.10 Å². The van der Waals surface area contributed by atoms with Gasteiger partial charge in [-0.25, -0.2) is 15.0 Å². The number of ether oxygens (including phenoxy) is 1. The molecule has 0 bridgehead atoms. The zero-order chi connectivity index (χ0) is 20.8. The Morgan fingerprint density at radius 2 is 2.17 bits per heavy atom. The first-order chi connectivity index (χ1) is 13.9. The predicted molar refractivity (Wildman–Crippen MR) is 109 cm³/mol. The molecule has 0 spiro atoms. The maximum Gasteiger partial charge on any atom is 0.339 e. The third-order valence-electron chi connectivity index (χ3n) is 5.32. The number of hydrogen-bond donors (Lipinski definition) is 4. The summed E-state index contributed by atoms with van der Waals surface area (Å²) in [5.74, 6) is -0.528. The molecule has 2 aliphatic rings. The van der Waals surface area contributed by atoms with Crippen LogP contribution in [-0.2, 0) is 9.53 Å². The molecule has 1 aromatic rings. The summed E-state index contributed by atoms with van der Waals surface area (Å²) >= 11 is 5.88. The summed E-state index contributed by atoms with van der Waals surface area (Å²) in [6.07, 6.45) is 5.41. The maximum atomic E-state index is 11.9. The monoisotopic (exact) mass is 421 g/mol. The number of halogens is 1. The molecule has 0 aromatic heterocycles. The van der Waals surface area contributed by atoms with Gasteiger partial charge in [0.1, 0.15) is 6.61 Å². The van der Waals surface area contributed by atoms with Gasteiger partial charge >= 0.3 is 12.0 Å². The summed E-state index contributed by atoms with van der Waals surface area (Å²) in [6.45, 7) is -0.0405. The van der Waals surface area contributed by atoms with Gasteiger partial charge in [-0.15, -0.1) is 0 Å². The minimum atomic E-state index is -0.988. The molecule has 3 rings (SSSR count). The number of aliphatic carboxylic acids is 1. The predicted octanol–water partition coefficient (Wildman–Crippen LogP) is 2.88. The van der Waals surface area contributed by atoms with Crippen molar-refractivity contribution >= 4 is 35.5 Å². The molecule has 2 saturated carbocycles. The van der Waals surface area contributed by atoms with E-state index in [0.29, 0.717) is 23.0 Å². The Balaban J connectivity index is 1.49. The lowest BCUT2D eigenvalue weighted by molar-refractivity contribution is -0.141. The van der Waals surface area contributed by atoms with E-state index in [4.69, 9.17) is 21.4 Å². The largest absolute Gasteiger partial charge is 0.480 e. The topological polar surface area (TPSA) is 120 Å². The minimum absolute atomic E-state index is 0.141. The van der Waals surface area contributed by atoms with E-state index >= 15 is 0 Å². The van der Waals surface area contributed by atoms with Gasteiger partial charge in [-0.3, -0.25) is 0 Å². The number of rotatable bonds is 7. The average molecular weight is 422 g/mol. The van der Waals surface area contributed by atoms with E-state index in [1.807, 2.05) is 6.08 Å². The molecule has 4 N–H and O–H groups in total. The van der Waals surface area contributed by atoms with Crippen molar-refractivity contribution in [2.45, 2.75) is 25.4 Å². The molecule has 29 heavy (non-hydrogen) atoms. The third kappa shape index (κ3) is 6.03. The molecule has 2 amide bonds. The van der Waals surface area contributed by atoms with Gasteiger partial charge in [0.15, 0.2) is 0 Å². The van der Waals surface area contributed by atoms with Gasteiger partial charge < -0.3 is 20.3 Å². The molecule has 0 saturated heterocycles. The number of urea groups is 1. The number of carbonyl (C=O) groups excluding carboxylic acids is 1. The first-order valence-electron chi connectivity index (χ1n) is 9.43. The quantitative estimate of drug-likeness (QED) is 0.233. The summed E-state index contributed by atoms with van der Waals surface area (Å²) in [5, 5.41) is 26.1. The van der Waals surface area contributed by atoms with Crippen molar-refractivity contribution in [1.29, 1.82) is 0 Å². The number of carboxylic acid groups (broad SMARTS) is 1. The van der Waals surface area contributed by atoms with Gasteiger partial charge in [0.25, 0.3) is 0 Å². The van der Waals surface area contributed by atoms with Crippen LogP contribution in [0.15, 0.2) is 41.0 Å². The molecule has 9 heteroatoms. The highest BCUT2D eigenvalue weighted by Gasteiger charge is 2.45. The summed E-state index contributed by atoms with van der Waals surface area (Å²) in [5.41, 5.74) is 4.18. The van der Waals surface area contributed by atoms with Crippen molar-refractivity contribution in [1.82, 2.24) is 5.43 Å². The lowest BCUT2D eigenvalue weighted by Gasteiger charge is -2.16. The van der Waals surface area contributed by atoms with E-state index in [0.717, 1.165) is 12.8 Å². The number of carboxylic acids is 1. The second-order valence-corrected chi connectivity index (χ2v) is 7.77. The van der Waals surface area contributed by atoms with Crippen molar-refractivity contribution in [2.24, 2.45) is 22.9 Å². The van der Waals surface area contributed by atoms with Crippen molar-refractivity contribution < 1.29 is 24.5 Å². The Morgan fingerprint density at radius 3 is 2.93 bits per heavy atom. The SMILES string of the molecule is O=C(O)COC/C=C1/C[C@H]2C[C@@H](O)[C@H](/C=N/NC(=O)Nc3cccc(Cl)c3)[C@H]2C1. The zero-order valence-corrected chi connectivity index (χ0v) is 16.5. The first kappa shape index (κ1) is 21.3. The molecule has 4 atom stereocenters. The van der Waals surface area contributed by atoms with Crippen molar-refractivity contribution in [3.8, 4) is 0 Å². The van der Waals surface area contributed by atoms with Gasteiger partial charge in [-0.05, 0) is 49.3 Å². The first-order valence-corrected chi connectivity index (χ1v) is 9.81. The third-order valence-corrected chi connectivity index (χ3v) is 5.56. The second-order valence-electron chi connectivity index (χ2n) is 7.34. The van der Waals surface area contributed by atoms with E-state index in [1.54, 1.807) is 30.5 Å². The molecule has 0 radical (unpaired) electrons. The minimum Gasteiger partial charge on any atom is -0.480 e. The number of hydrogen-bond acceptors (Lipinski definition) is 5. The number of aliphatic hydroxyl groups is 1. The molecule has 0 unspecified atom stereocenters. The molecule has 0 heterocycles. The number of carbonyl (C=O) groups is 2. The number of fused-ring (bicyclic) bond motifs is 1. The number of allylic oxidation sites excluding steroid dienone is 1. The zero-order valence-electron chi connectivity index (χ0n) is 15.8. The summed E-state index contributed by atoms with van der Waals surface area (Å²) < 4.78 is 5.06. The number of benzene rings is 1. The fourth-order valence-electron chi connectivity index (χ4n) is 4.11. The molecule has 156 valence electrons. The average Bonchev–Trinajstić information content (AvgIpc) is 3.16. The highest BCUT2D eigenvalue weighted by atomic mass is 35.5. The molecule has 8 nitrogen and oxygen atoms in total. The lowest BCUT2D eigenvalue weighted by Crippen LogP contribution is -2.27. The van der Waals surface area contributed by atoms with Crippen LogP contribution in [0.4, 0.5) is 10.5 Å². The van der Waals surface area contributed by atoms with Gasteiger partial charge in [-0.1, -0.05) is 29.3 Å². The van der Waals surface area contributed by atoms with Crippen LogP contribution in [-0.4, -0.2) is 47.7 Å². The lowest BCUT2D eigenvalue weighted by atomic mass is 9.92. The van der Waals surface area contributed by atoms with E-state index in [9.17, 15) is 14.7 Å². The van der Waals surface area contributed by atoms with Crippen LogP contribution in [0, 0.1) is 17.8 Å². The van der Waals surface area contributed by atoms with E-state index in [2.05, 4.69) is 15.8 Å².